The number of carbonyl (C=O) groups is 1. The third-order valence-electron chi connectivity index (χ3n) is 3.95. The zero-order valence-corrected chi connectivity index (χ0v) is 15.6. The van der Waals surface area contributed by atoms with Gasteiger partial charge in [0, 0.05) is 24.8 Å². The zero-order valence-electron chi connectivity index (χ0n) is 15.6. The van der Waals surface area contributed by atoms with Crippen molar-refractivity contribution in [2.24, 2.45) is 0 Å². The van der Waals surface area contributed by atoms with Crippen molar-refractivity contribution in [3.8, 4) is 6.07 Å². The molecule has 2 aromatic rings. The first-order valence-electron chi connectivity index (χ1n) is 8.85. The van der Waals surface area contributed by atoms with Crippen LogP contribution in [0.15, 0.2) is 60.2 Å². The van der Waals surface area contributed by atoms with Crippen LogP contribution in [0.25, 0.3) is 6.08 Å². The number of carbonyl (C=O) groups excluding carboxylic acids is 1. The van der Waals surface area contributed by atoms with Crippen molar-refractivity contribution in [2.45, 2.75) is 33.4 Å². The summed E-state index contributed by atoms with van der Waals surface area (Å²) < 4.78 is 0. The van der Waals surface area contributed by atoms with Crippen LogP contribution >= 0.6 is 0 Å². The molecule has 1 amide bonds. The molecule has 0 saturated heterocycles. The number of anilines is 1. The van der Waals surface area contributed by atoms with Gasteiger partial charge in [0.15, 0.2) is 0 Å². The molecule has 4 nitrogen and oxygen atoms in total. The number of hydrogen-bond acceptors (Lipinski definition) is 3. The Morgan fingerprint density at radius 1 is 1.15 bits per heavy atom. The van der Waals surface area contributed by atoms with E-state index in [1.165, 1.54) is 5.56 Å². The Kier molecular flexibility index (Phi) is 6.99. The quantitative estimate of drug-likeness (QED) is 0.605. The van der Waals surface area contributed by atoms with Gasteiger partial charge in [0.05, 0.1) is 0 Å². The highest BCUT2D eigenvalue weighted by Gasteiger charge is 2.10. The highest BCUT2D eigenvalue weighted by Crippen LogP contribution is 2.19. The first kappa shape index (κ1) is 19.3. The van der Waals surface area contributed by atoms with Crippen LogP contribution in [0.1, 0.15) is 31.9 Å². The lowest BCUT2D eigenvalue weighted by atomic mass is 10.1. The van der Waals surface area contributed by atoms with E-state index in [9.17, 15) is 10.1 Å². The molecular formula is C22H25N3O. The Balaban J connectivity index is 2.14. The van der Waals surface area contributed by atoms with Gasteiger partial charge < -0.3 is 10.2 Å². The van der Waals surface area contributed by atoms with Crippen molar-refractivity contribution in [1.82, 2.24) is 5.32 Å². The summed E-state index contributed by atoms with van der Waals surface area (Å²) in [5.41, 5.74) is 3.32. The standard InChI is InChI=1S/C22H25N3O/c1-4-25(16-19-8-6-5-7-9-19)21-12-10-18(11-13-21)14-20(15-23)22(26)24-17(2)3/h5-14,17H,4,16H2,1-3H3,(H,24,26)/b20-14+. The third kappa shape index (κ3) is 5.49. The van der Waals surface area contributed by atoms with Crippen molar-refractivity contribution in [3.63, 3.8) is 0 Å². The van der Waals surface area contributed by atoms with Crippen molar-refractivity contribution >= 4 is 17.7 Å². The molecule has 0 bridgehead atoms. The summed E-state index contributed by atoms with van der Waals surface area (Å²) >= 11 is 0. The minimum Gasteiger partial charge on any atom is -0.367 e. The van der Waals surface area contributed by atoms with Crippen LogP contribution in [0.2, 0.25) is 0 Å². The molecule has 0 aromatic heterocycles. The predicted molar refractivity (Wildman–Crippen MR) is 106 cm³/mol. The molecule has 0 heterocycles. The number of rotatable bonds is 7. The third-order valence-corrected chi connectivity index (χ3v) is 3.95. The summed E-state index contributed by atoms with van der Waals surface area (Å²) in [5.74, 6) is -0.342. The van der Waals surface area contributed by atoms with Crippen LogP contribution in [0.5, 0.6) is 0 Å². The molecule has 2 aromatic carbocycles. The van der Waals surface area contributed by atoms with Crippen molar-refractivity contribution in [3.05, 3.63) is 71.3 Å². The van der Waals surface area contributed by atoms with Gasteiger partial charge in [0.1, 0.15) is 11.6 Å². The number of amides is 1. The molecule has 0 fully saturated rings. The average Bonchev–Trinajstić information content (AvgIpc) is 2.65. The lowest BCUT2D eigenvalue weighted by Crippen LogP contribution is -2.30. The van der Waals surface area contributed by atoms with Gasteiger partial charge in [-0.1, -0.05) is 42.5 Å². The van der Waals surface area contributed by atoms with Crippen LogP contribution < -0.4 is 10.2 Å². The van der Waals surface area contributed by atoms with Crippen molar-refractivity contribution in [1.29, 1.82) is 5.26 Å². The number of nitrogens with zero attached hydrogens (tertiary/aromatic N) is 2. The summed E-state index contributed by atoms with van der Waals surface area (Å²) in [6.45, 7) is 7.60. The molecule has 0 saturated carbocycles. The van der Waals surface area contributed by atoms with Gasteiger partial charge in [-0.05, 0) is 50.1 Å². The molecule has 0 spiro atoms. The van der Waals surface area contributed by atoms with Gasteiger partial charge in [-0.15, -0.1) is 0 Å². The second-order valence-corrected chi connectivity index (χ2v) is 6.39. The average molecular weight is 347 g/mol. The fourth-order valence-corrected chi connectivity index (χ4v) is 2.63. The Labute approximate surface area is 155 Å². The summed E-state index contributed by atoms with van der Waals surface area (Å²) in [4.78, 5) is 14.3. The molecule has 134 valence electrons. The monoisotopic (exact) mass is 347 g/mol. The fraction of sp³-hybridized carbons (Fsp3) is 0.273. The van der Waals surface area contributed by atoms with Crippen LogP contribution in [-0.4, -0.2) is 18.5 Å². The van der Waals surface area contributed by atoms with E-state index in [4.69, 9.17) is 0 Å². The lowest BCUT2D eigenvalue weighted by molar-refractivity contribution is -0.117. The molecule has 0 aliphatic heterocycles. The van der Waals surface area contributed by atoms with E-state index in [-0.39, 0.29) is 17.5 Å². The van der Waals surface area contributed by atoms with Crippen molar-refractivity contribution in [2.75, 3.05) is 11.4 Å². The van der Waals surface area contributed by atoms with Gasteiger partial charge in [-0.2, -0.15) is 5.26 Å². The zero-order chi connectivity index (χ0) is 18.9. The van der Waals surface area contributed by atoms with E-state index in [0.717, 1.165) is 24.3 Å². The molecule has 0 radical (unpaired) electrons. The number of benzene rings is 2. The number of hydrogen-bond donors (Lipinski definition) is 1. The topological polar surface area (TPSA) is 56.1 Å². The molecule has 0 aliphatic rings. The second kappa shape index (κ2) is 9.43. The minimum absolute atomic E-state index is 0.00211. The summed E-state index contributed by atoms with van der Waals surface area (Å²) in [6, 6.07) is 20.2. The Hall–Kier alpha value is -3.06. The largest absolute Gasteiger partial charge is 0.367 e. The van der Waals surface area contributed by atoms with Crippen molar-refractivity contribution < 1.29 is 4.79 Å². The molecule has 1 N–H and O–H groups in total. The maximum Gasteiger partial charge on any atom is 0.262 e. The van der Waals surface area contributed by atoms with E-state index in [1.54, 1.807) is 6.08 Å². The van der Waals surface area contributed by atoms with E-state index >= 15 is 0 Å². The second-order valence-electron chi connectivity index (χ2n) is 6.39. The van der Waals surface area contributed by atoms with Crippen LogP contribution in [-0.2, 0) is 11.3 Å². The number of nitrogens with one attached hydrogen (secondary N) is 1. The maximum atomic E-state index is 12.0. The Bertz CT molecular complexity index is 786. The van der Waals surface area contributed by atoms with E-state index in [1.807, 2.05) is 62.4 Å². The van der Waals surface area contributed by atoms with E-state index in [2.05, 4.69) is 29.3 Å². The molecule has 4 heteroatoms. The van der Waals surface area contributed by atoms with E-state index < -0.39 is 0 Å². The predicted octanol–water partition coefficient (Wildman–Crippen LogP) is 4.14. The molecule has 0 aliphatic carbocycles. The first-order chi connectivity index (χ1) is 12.5. The van der Waals surface area contributed by atoms with Gasteiger partial charge >= 0.3 is 0 Å². The van der Waals surface area contributed by atoms with Crippen LogP contribution in [0, 0.1) is 11.3 Å². The molecule has 0 unspecified atom stereocenters. The maximum absolute atomic E-state index is 12.0. The lowest BCUT2D eigenvalue weighted by Gasteiger charge is -2.23. The minimum atomic E-state index is -0.342. The molecule has 0 atom stereocenters. The number of nitriles is 1. The van der Waals surface area contributed by atoms with Crippen LogP contribution in [0.3, 0.4) is 0 Å². The SMILES string of the molecule is CCN(Cc1ccccc1)c1ccc(/C=C(\C#N)C(=O)NC(C)C)cc1. The smallest absolute Gasteiger partial charge is 0.262 e. The first-order valence-corrected chi connectivity index (χ1v) is 8.85. The Morgan fingerprint density at radius 3 is 2.35 bits per heavy atom. The van der Waals surface area contributed by atoms with Crippen LogP contribution in [0.4, 0.5) is 5.69 Å². The fourth-order valence-electron chi connectivity index (χ4n) is 2.63. The molecule has 26 heavy (non-hydrogen) atoms. The highest BCUT2D eigenvalue weighted by atomic mass is 16.1. The van der Waals surface area contributed by atoms with E-state index in [0.29, 0.717) is 0 Å². The molecular weight excluding hydrogens is 322 g/mol. The van der Waals surface area contributed by atoms with Gasteiger partial charge in [-0.25, -0.2) is 0 Å². The normalized spacial score (nSPS) is 11.1. The summed E-state index contributed by atoms with van der Waals surface area (Å²) in [5, 5.41) is 12.0. The molecule has 2 rings (SSSR count). The Morgan fingerprint density at radius 2 is 1.81 bits per heavy atom. The van der Waals surface area contributed by atoms with Gasteiger partial charge in [0.25, 0.3) is 5.91 Å². The van der Waals surface area contributed by atoms with Gasteiger partial charge in [-0.3, -0.25) is 4.79 Å². The highest BCUT2D eigenvalue weighted by molar-refractivity contribution is 6.01. The van der Waals surface area contributed by atoms with Gasteiger partial charge in [0.2, 0.25) is 0 Å². The summed E-state index contributed by atoms with van der Waals surface area (Å²) in [6.07, 6.45) is 1.62. The summed E-state index contributed by atoms with van der Waals surface area (Å²) in [7, 11) is 0.